The molecule has 0 amide bonds. The molecule has 2 unspecified atom stereocenters. The van der Waals surface area contributed by atoms with Crippen LogP contribution < -0.4 is 5.32 Å². The number of fused-ring (bicyclic) bond motifs is 3. The third-order valence-electron chi connectivity index (χ3n) is 9.12. The lowest BCUT2D eigenvalue weighted by Gasteiger charge is -2.44. The number of hydrogen-bond acceptors (Lipinski definition) is 3. The molecule has 4 heterocycles. The quantitative estimate of drug-likeness (QED) is 0.428. The third kappa shape index (κ3) is 4.75. The van der Waals surface area contributed by atoms with Crippen molar-refractivity contribution in [2.75, 3.05) is 19.6 Å². The summed E-state index contributed by atoms with van der Waals surface area (Å²) in [5, 5.41) is 3.62. The first kappa shape index (κ1) is 26.5. The molecular weight excluding hydrogens is 475 g/mol. The minimum absolute atomic E-state index is 0. The van der Waals surface area contributed by atoms with Crippen molar-refractivity contribution in [2.45, 2.75) is 82.3 Å². The molecule has 2 atom stereocenters. The largest absolute Gasteiger partial charge is 0.325 e. The first-order chi connectivity index (χ1) is 16.1. The molecule has 2 aromatic carbocycles. The fourth-order valence-corrected chi connectivity index (χ4v) is 7.52. The van der Waals surface area contributed by atoms with Gasteiger partial charge in [-0.2, -0.15) is 0 Å². The molecule has 3 fully saturated rings. The maximum absolute atomic E-state index is 4.87. The molecule has 0 radical (unpaired) electrons. The van der Waals surface area contributed by atoms with Crippen molar-refractivity contribution in [1.82, 2.24) is 19.8 Å². The fraction of sp³-hybridized carbons (Fsp3) is 0.552. The molecule has 35 heavy (non-hydrogen) atoms. The van der Waals surface area contributed by atoms with Gasteiger partial charge in [-0.05, 0) is 107 Å². The van der Waals surface area contributed by atoms with E-state index in [2.05, 4.69) is 77.2 Å². The van der Waals surface area contributed by atoms with Crippen molar-refractivity contribution in [3.8, 4) is 0 Å². The Kier molecular flexibility index (Phi) is 8.17. The summed E-state index contributed by atoms with van der Waals surface area (Å²) in [5.74, 6) is 1.18. The molecule has 3 aliphatic rings. The highest BCUT2D eigenvalue weighted by Gasteiger charge is 2.43. The van der Waals surface area contributed by atoms with Gasteiger partial charge in [0, 0.05) is 18.1 Å². The van der Waals surface area contributed by atoms with Gasteiger partial charge in [-0.25, -0.2) is 4.98 Å². The van der Waals surface area contributed by atoms with Crippen molar-refractivity contribution >= 4 is 35.8 Å². The topological polar surface area (TPSA) is 33.1 Å². The summed E-state index contributed by atoms with van der Waals surface area (Å²) in [4.78, 5) is 7.78. The van der Waals surface area contributed by atoms with Crippen LogP contribution in [-0.4, -0.2) is 46.2 Å². The Balaban J connectivity index is 0.00000144. The van der Waals surface area contributed by atoms with E-state index in [1.54, 1.807) is 5.56 Å². The van der Waals surface area contributed by atoms with Crippen LogP contribution in [0.3, 0.4) is 0 Å². The maximum atomic E-state index is 4.87. The molecule has 1 N–H and O–H groups in total. The molecule has 3 aliphatic heterocycles. The SMILES string of the molecule is Cc1ccccc1C1(CCN2C3CCC2CC(n2c(C)nc4ccccc42)C3)CCNCC1.Cl.Cl. The van der Waals surface area contributed by atoms with E-state index in [-0.39, 0.29) is 24.8 Å². The Morgan fingerprint density at radius 1 is 0.886 bits per heavy atom. The van der Waals surface area contributed by atoms with Crippen LogP contribution >= 0.6 is 24.8 Å². The van der Waals surface area contributed by atoms with Gasteiger partial charge >= 0.3 is 0 Å². The summed E-state index contributed by atoms with van der Waals surface area (Å²) in [6, 6.07) is 19.9. The van der Waals surface area contributed by atoms with Crippen LogP contribution in [-0.2, 0) is 5.41 Å². The summed E-state index contributed by atoms with van der Waals surface area (Å²) in [5.41, 5.74) is 5.89. The zero-order valence-corrected chi connectivity index (χ0v) is 22.7. The second-order valence-corrected chi connectivity index (χ2v) is 10.9. The van der Waals surface area contributed by atoms with E-state index in [1.165, 1.54) is 68.4 Å². The van der Waals surface area contributed by atoms with E-state index in [9.17, 15) is 0 Å². The number of imidazole rings is 1. The number of para-hydroxylation sites is 2. The number of piperidine rings is 2. The normalized spacial score (nSPS) is 25.7. The third-order valence-corrected chi connectivity index (χ3v) is 9.12. The van der Waals surface area contributed by atoms with Gasteiger partial charge in [0.25, 0.3) is 0 Å². The summed E-state index contributed by atoms with van der Waals surface area (Å²) >= 11 is 0. The van der Waals surface area contributed by atoms with Gasteiger partial charge in [-0.15, -0.1) is 24.8 Å². The first-order valence-electron chi connectivity index (χ1n) is 13.1. The van der Waals surface area contributed by atoms with Gasteiger partial charge in [0.05, 0.1) is 11.0 Å². The summed E-state index contributed by atoms with van der Waals surface area (Å²) in [7, 11) is 0. The van der Waals surface area contributed by atoms with Crippen molar-refractivity contribution in [3.05, 3.63) is 65.5 Å². The highest BCUT2D eigenvalue weighted by molar-refractivity contribution is 5.85. The molecule has 6 heteroatoms. The number of nitrogens with zero attached hydrogens (tertiary/aromatic N) is 3. The lowest BCUT2D eigenvalue weighted by atomic mass is 9.69. The van der Waals surface area contributed by atoms with E-state index in [0.29, 0.717) is 11.5 Å². The smallest absolute Gasteiger partial charge is 0.106 e. The predicted molar refractivity (Wildman–Crippen MR) is 150 cm³/mol. The van der Waals surface area contributed by atoms with Crippen molar-refractivity contribution in [1.29, 1.82) is 0 Å². The zero-order valence-electron chi connectivity index (χ0n) is 21.1. The van der Waals surface area contributed by atoms with Crippen LogP contribution in [0.2, 0.25) is 0 Å². The van der Waals surface area contributed by atoms with E-state index < -0.39 is 0 Å². The van der Waals surface area contributed by atoms with Crippen LogP contribution in [0.1, 0.15) is 67.9 Å². The molecule has 0 aliphatic carbocycles. The molecule has 4 nitrogen and oxygen atoms in total. The monoisotopic (exact) mass is 514 g/mol. The molecule has 190 valence electrons. The fourth-order valence-electron chi connectivity index (χ4n) is 7.52. The van der Waals surface area contributed by atoms with Gasteiger partial charge in [-0.3, -0.25) is 4.90 Å². The Hall–Kier alpha value is -1.59. The van der Waals surface area contributed by atoms with E-state index in [1.807, 2.05) is 0 Å². The van der Waals surface area contributed by atoms with Crippen molar-refractivity contribution in [3.63, 3.8) is 0 Å². The number of aromatic nitrogens is 2. The first-order valence-corrected chi connectivity index (χ1v) is 13.1. The van der Waals surface area contributed by atoms with Gasteiger partial charge in [-0.1, -0.05) is 36.4 Å². The van der Waals surface area contributed by atoms with E-state index in [0.717, 1.165) is 30.7 Å². The average Bonchev–Trinajstić information content (AvgIpc) is 3.29. The minimum atomic E-state index is 0. The van der Waals surface area contributed by atoms with Crippen LogP contribution in [0.5, 0.6) is 0 Å². The van der Waals surface area contributed by atoms with Gasteiger partial charge in [0.2, 0.25) is 0 Å². The Morgan fingerprint density at radius 2 is 1.54 bits per heavy atom. The lowest BCUT2D eigenvalue weighted by molar-refractivity contribution is 0.0928. The van der Waals surface area contributed by atoms with Crippen LogP contribution in [0.4, 0.5) is 0 Å². The maximum Gasteiger partial charge on any atom is 0.106 e. The number of rotatable bonds is 5. The van der Waals surface area contributed by atoms with Crippen LogP contribution in [0, 0.1) is 13.8 Å². The van der Waals surface area contributed by atoms with E-state index >= 15 is 0 Å². The van der Waals surface area contributed by atoms with Crippen molar-refractivity contribution < 1.29 is 0 Å². The summed E-state index contributed by atoms with van der Waals surface area (Å²) in [6.07, 6.45) is 9.11. The van der Waals surface area contributed by atoms with Crippen molar-refractivity contribution in [2.24, 2.45) is 0 Å². The Morgan fingerprint density at radius 3 is 2.26 bits per heavy atom. The standard InChI is InChI=1S/C29H38N4.2ClH/c1-21-7-3-4-8-26(21)29(13-16-30-17-14-29)15-18-32-23-11-12-24(32)20-25(19-23)33-22(2)31-27-9-5-6-10-28(27)33;;/h3-10,23-25,30H,11-20H2,1-2H3;2*1H. The van der Waals surface area contributed by atoms with Gasteiger partial charge < -0.3 is 9.88 Å². The molecule has 0 saturated carbocycles. The number of halogens is 2. The summed E-state index contributed by atoms with van der Waals surface area (Å²) in [6.45, 7) is 8.05. The van der Waals surface area contributed by atoms with E-state index in [4.69, 9.17) is 4.98 Å². The molecule has 0 spiro atoms. The second-order valence-electron chi connectivity index (χ2n) is 10.9. The molecule has 1 aromatic heterocycles. The Labute approximate surface area is 222 Å². The van der Waals surface area contributed by atoms with Gasteiger partial charge in [0.15, 0.2) is 0 Å². The molecule has 2 bridgehead atoms. The van der Waals surface area contributed by atoms with Crippen LogP contribution in [0.25, 0.3) is 11.0 Å². The molecule has 6 rings (SSSR count). The predicted octanol–water partition coefficient (Wildman–Crippen LogP) is 6.38. The van der Waals surface area contributed by atoms with Crippen LogP contribution in [0.15, 0.2) is 48.5 Å². The Bertz CT molecular complexity index is 1120. The highest BCUT2D eigenvalue weighted by Crippen LogP contribution is 2.45. The highest BCUT2D eigenvalue weighted by atomic mass is 35.5. The average molecular weight is 516 g/mol. The molecule has 3 saturated heterocycles. The molecule has 3 aromatic rings. The minimum Gasteiger partial charge on any atom is -0.325 e. The second kappa shape index (κ2) is 10.8. The molecular formula is C29H40Cl2N4. The van der Waals surface area contributed by atoms with Gasteiger partial charge in [0.1, 0.15) is 5.82 Å². The number of hydrogen-bond donors (Lipinski definition) is 1. The summed E-state index contributed by atoms with van der Waals surface area (Å²) < 4.78 is 2.56. The lowest BCUT2D eigenvalue weighted by Crippen LogP contribution is -2.47. The zero-order chi connectivity index (χ0) is 22.4. The number of benzene rings is 2. The number of nitrogens with one attached hydrogen (secondary N) is 1. The number of aryl methyl sites for hydroxylation is 2.